The molecule has 2 aromatic rings. The second-order valence-electron chi connectivity index (χ2n) is 6.24. The molecule has 5 nitrogen and oxygen atoms in total. The van der Waals surface area contributed by atoms with Crippen molar-refractivity contribution in [3.8, 4) is 5.75 Å². The van der Waals surface area contributed by atoms with Gasteiger partial charge in [-0.25, -0.2) is 0 Å². The average molecular weight is 340 g/mol. The minimum absolute atomic E-state index is 0.0482. The van der Waals surface area contributed by atoms with Crippen molar-refractivity contribution in [2.75, 3.05) is 26.8 Å². The summed E-state index contributed by atoms with van der Waals surface area (Å²) in [6.45, 7) is 1.93. The van der Waals surface area contributed by atoms with Gasteiger partial charge in [-0.1, -0.05) is 12.1 Å². The summed E-state index contributed by atoms with van der Waals surface area (Å²) in [7, 11) is 1.66. The number of hydrogen-bond donors (Lipinski definition) is 0. The van der Waals surface area contributed by atoms with Crippen molar-refractivity contribution in [1.82, 2.24) is 9.88 Å². The number of rotatable bonds is 6. The highest BCUT2D eigenvalue weighted by Crippen LogP contribution is 2.16. The second-order valence-corrected chi connectivity index (χ2v) is 6.24. The van der Waals surface area contributed by atoms with Crippen molar-refractivity contribution < 1.29 is 14.3 Å². The zero-order chi connectivity index (χ0) is 17.5. The number of methoxy groups -OCH3 is 1. The van der Waals surface area contributed by atoms with E-state index < -0.39 is 0 Å². The summed E-state index contributed by atoms with van der Waals surface area (Å²) in [6, 6.07) is 11.9. The molecular weight excluding hydrogens is 316 g/mol. The lowest BCUT2D eigenvalue weighted by Crippen LogP contribution is -2.46. The molecule has 5 heteroatoms. The Kier molecular flexibility index (Phi) is 6.01. The molecule has 0 saturated carbocycles. The topological polar surface area (TPSA) is 51.7 Å². The lowest BCUT2D eigenvalue weighted by atomic mass is 10.1. The molecular formula is C20H24N2O3. The van der Waals surface area contributed by atoms with E-state index in [2.05, 4.69) is 4.98 Å². The maximum atomic E-state index is 12.5. The Morgan fingerprint density at radius 2 is 1.96 bits per heavy atom. The predicted octanol–water partition coefficient (Wildman–Crippen LogP) is 2.49. The van der Waals surface area contributed by atoms with Crippen LogP contribution in [0.1, 0.15) is 17.5 Å². The smallest absolute Gasteiger partial charge is 0.223 e. The van der Waals surface area contributed by atoms with E-state index in [1.165, 1.54) is 5.56 Å². The molecule has 1 amide bonds. The SMILES string of the molecule is COc1ccc(C[C@H]2CN(C(=O)CCc3ccncc3)CCO2)cc1. The highest BCUT2D eigenvalue weighted by Gasteiger charge is 2.24. The highest BCUT2D eigenvalue weighted by atomic mass is 16.5. The first kappa shape index (κ1) is 17.4. The molecule has 1 aliphatic rings. The fourth-order valence-corrected chi connectivity index (χ4v) is 3.05. The number of hydrogen-bond acceptors (Lipinski definition) is 4. The fourth-order valence-electron chi connectivity index (χ4n) is 3.05. The van der Waals surface area contributed by atoms with Crippen LogP contribution in [0.4, 0.5) is 0 Å². The first-order chi connectivity index (χ1) is 12.2. The van der Waals surface area contributed by atoms with E-state index in [1.54, 1.807) is 19.5 Å². The highest BCUT2D eigenvalue weighted by molar-refractivity contribution is 5.76. The van der Waals surface area contributed by atoms with Gasteiger partial charge in [0, 0.05) is 38.3 Å². The largest absolute Gasteiger partial charge is 0.497 e. The molecule has 1 atom stereocenters. The van der Waals surface area contributed by atoms with Crippen LogP contribution in [-0.2, 0) is 22.4 Å². The minimum Gasteiger partial charge on any atom is -0.497 e. The first-order valence-corrected chi connectivity index (χ1v) is 8.66. The van der Waals surface area contributed by atoms with Gasteiger partial charge in [0.05, 0.1) is 19.8 Å². The summed E-state index contributed by atoms with van der Waals surface area (Å²) in [5.41, 5.74) is 2.34. The molecule has 132 valence electrons. The number of benzene rings is 1. The first-order valence-electron chi connectivity index (χ1n) is 8.66. The molecule has 1 fully saturated rings. The number of aryl methyl sites for hydroxylation is 1. The lowest BCUT2D eigenvalue weighted by Gasteiger charge is -2.33. The number of ether oxygens (including phenoxy) is 2. The van der Waals surface area contributed by atoms with Crippen molar-refractivity contribution >= 4 is 5.91 Å². The Morgan fingerprint density at radius 1 is 1.20 bits per heavy atom. The van der Waals surface area contributed by atoms with Crippen LogP contribution in [-0.4, -0.2) is 48.7 Å². The van der Waals surface area contributed by atoms with Gasteiger partial charge in [0.15, 0.2) is 0 Å². The summed E-state index contributed by atoms with van der Waals surface area (Å²) < 4.78 is 11.0. The summed E-state index contributed by atoms with van der Waals surface area (Å²) >= 11 is 0. The maximum absolute atomic E-state index is 12.5. The Labute approximate surface area is 148 Å². The molecule has 0 aliphatic carbocycles. The zero-order valence-electron chi connectivity index (χ0n) is 14.6. The molecule has 0 spiro atoms. The monoisotopic (exact) mass is 340 g/mol. The third kappa shape index (κ3) is 5.03. The summed E-state index contributed by atoms with van der Waals surface area (Å²) in [4.78, 5) is 18.4. The van der Waals surface area contributed by atoms with Gasteiger partial charge in [0.1, 0.15) is 5.75 Å². The van der Waals surface area contributed by atoms with E-state index >= 15 is 0 Å². The number of carbonyl (C=O) groups is 1. The summed E-state index contributed by atoms with van der Waals surface area (Å²) in [5.74, 6) is 1.04. The number of amides is 1. The molecule has 25 heavy (non-hydrogen) atoms. The maximum Gasteiger partial charge on any atom is 0.223 e. The molecule has 2 heterocycles. The van der Waals surface area contributed by atoms with E-state index in [4.69, 9.17) is 9.47 Å². The van der Waals surface area contributed by atoms with Crippen molar-refractivity contribution in [2.45, 2.75) is 25.4 Å². The number of nitrogens with zero attached hydrogens (tertiary/aromatic N) is 2. The molecule has 0 radical (unpaired) electrons. The van der Waals surface area contributed by atoms with Crippen LogP contribution in [0.3, 0.4) is 0 Å². The van der Waals surface area contributed by atoms with Gasteiger partial charge in [0.25, 0.3) is 0 Å². The lowest BCUT2D eigenvalue weighted by molar-refractivity contribution is -0.138. The third-order valence-corrected chi connectivity index (χ3v) is 4.49. The zero-order valence-corrected chi connectivity index (χ0v) is 14.6. The number of carbonyl (C=O) groups excluding carboxylic acids is 1. The Morgan fingerprint density at radius 3 is 2.68 bits per heavy atom. The standard InChI is InChI=1S/C20H24N2O3/c1-24-18-5-2-17(3-6-18)14-19-15-22(12-13-25-19)20(23)7-4-16-8-10-21-11-9-16/h2-3,5-6,8-11,19H,4,7,12-15H2,1H3/t19-/m0/s1. The van der Waals surface area contributed by atoms with Gasteiger partial charge in [-0.2, -0.15) is 0 Å². The molecule has 1 saturated heterocycles. The molecule has 0 bridgehead atoms. The van der Waals surface area contributed by atoms with Gasteiger partial charge >= 0.3 is 0 Å². The molecule has 1 aromatic carbocycles. The van der Waals surface area contributed by atoms with Crippen LogP contribution >= 0.6 is 0 Å². The van der Waals surface area contributed by atoms with Crippen molar-refractivity contribution in [3.63, 3.8) is 0 Å². The molecule has 0 N–H and O–H groups in total. The Bertz CT molecular complexity index is 673. The van der Waals surface area contributed by atoms with Crippen molar-refractivity contribution in [2.24, 2.45) is 0 Å². The number of pyridine rings is 1. The molecule has 1 aliphatic heterocycles. The summed E-state index contributed by atoms with van der Waals surface area (Å²) in [6.07, 6.45) is 5.66. The van der Waals surface area contributed by atoms with Crippen LogP contribution in [0.2, 0.25) is 0 Å². The third-order valence-electron chi connectivity index (χ3n) is 4.49. The van der Waals surface area contributed by atoms with Gasteiger partial charge in [-0.15, -0.1) is 0 Å². The van der Waals surface area contributed by atoms with E-state index in [1.807, 2.05) is 41.3 Å². The van der Waals surface area contributed by atoms with E-state index in [-0.39, 0.29) is 12.0 Å². The van der Waals surface area contributed by atoms with Crippen LogP contribution in [0, 0.1) is 0 Å². The number of aromatic nitrogens is 1. The van der Waals surface area contributed by atoms with Crippen molar-refractivity contribution in [1.29, 1.82) is 0 Å². The van der Waals surface area contributed by atoms with E-state index in [0.717, 1.165) is 24.2 Å². The van der Waals surface area contributed by atoms with Gasteiger partial charge in [-0.3, -0.25) is 9.78 Å². The molecule has 3 rings (SSSR count). The summed E-state index contributed by atoms with van der Waals surface area (Å²) in [5, 5.41) is 0. The Hall–Kier alpha value is -2.40. The average Bonchev–Trinajstić information content (AvgIpc) is 2.68. The minimum atomic E-state index is 0.0482. The van der Waals surface area contributed by atoms with Gasteiger partial charge < -0.3 is 14.4 Å². The van der Waals surface area contributed by atoms with Crippen LogP contribution in [0.5, 0.6) is 5.75 Å². The van der Waals surface area contributed by atoms with Crippen LogP contribution in [0.25, 0.3) is 0 Å². The molecule has 1 aromatic heterocycles. The Balaban J connectivity index is 1.50. The van der Waals surface area contributed by atoms with Crippen LogP contribution < -0.4 is 4.74 Å². The predicted molar refractivity (Wildman–Crippen MR) is 95.6 cm³/mol. The second kappa shape index (κ2) is 8.62. The van der Waals surface area contributed by atoms with Crippen LogP contribution in [0.15, 0.2) is 48.8 Å². The normalized spacial score (nSPS) is 17.3. The molecule has 0 unspecified atom stereocenters. The van der Waals surface area contributed by atoms with Gasteiger partial charge in [-0.05, 0) is 41.8 Å². The quantitative estimate of drug-likeness (QED) is 0.811. The van der Waals surface area contributed by atoms with Crippen molar-refractivity contribution in [3.05, 3.63) is 59.9 Å². The van der Waals surface area contributed by atoms with E-state index in [0.29, 0.717) is 26.1 Å². The number of morpholine rings is 1. The van der Waals surface area contributed by atoms with E-state index in [9.17, 15) is 4.79 Å². The van der Waals surface area contributed by atoms with Gasteiger partial charge in [0.2, 0.25) is 5.91 Å². The fraction of sp³-hybridized carbons (Fsp3) is 0.400.